The maximum absolute atomic E-state index is 6.16. The van der Waals surface area contributed by atoms with Crippen LogP contribution >= 0.6 is 0 Å². The van der Waals surface area contributed by atoms with Gasteiger partial charge in [-0.1, -0.05) is 30.3 Å². The van der Waals surface area contributed by atoms with E-state index in [9.17, 15) is 0 Å². The fourth-order valence-electron chi connectivity index (χ4n) is 5.58. The number of nitrogens with two attached hydrogens (primary N) is 1. The second kappa shape index (κ2) is 16.6. The second-order valence-electron chi connectivity index (χ2n) is 11.0. The standard InChI is InChI=1S/C30H50N8O/c1-2-39-20-19-37-15-17-38(18-16-37)29-21-28(31)35-30(36-29)34-24-27-11-9-26(10-12-27)23-33-14-6-13-32-22-25-7-4-3-5-8-25/h3-5,7-8,21,26-27,32-33H,2,6,9-20,22-24H2,1H3,(H3,31,34,35,36)/t26-,27-. The van der Waals surface area contributed by atoms with Gasteiger partial charge in [0.25, 0.3) is 0 Å². The van der Waals surface area contributed by atoms with Crippen LogP contribution in [-0.2, 0) is 11.3 Å². The van der Waals surface area contributed by atoms with Gasteiger partial charge >= 0.3 is 0 Å². The van der Waals surface area contributed by atoms with Crippen molar-refractivity contribution in [2.75, 3.05) is 88.1 Å². The Balaban J connectivity index is 1.07. The number of nitrogen functional groups attached to an aromatic ring is 1. The predicted molar refractivity (Wildman–Crippen MR) is 161 cm³/mol. The SMILES string of the molecule is CCOCCN1CCN(c2cc(N)nc(NC[C@H]3CC[C@H](CNCCCNCc4ccccc4)CC3)n2)CC1. The molecule has 0 unspecified atom stereocenters. The van der Waals surface area contributed by atoms with Gasteiger partial charge in [0.1, 0.15) is 11.6 Å². The van der Waals surface area contributed by atoms with Crippen molar-refractivity contribution < 1.29 is 4.74 Å². The Morgan fingerprint density at radius 3 is 2.38 bits per heavy atom. The van der Waals surface area contributed by atoms with Crippen molar-refractivity contribution in [3.05, 3.63) is 42.0 Å². The van der Waals surface area contributed by atoms with Gasteiger partial charge in [0.05, 0.1) is 6.61 Å². The van der Waals surface area contributed by atoms with Crippen molar-refractivity contribution in [3.8, 4) is 0 Å². The molecule has 0 atom stereocenters. The number of hydrogen-bond donors (Lipinski definition) is 4. The molecule has 5 N–H and O–H groups in total. The molecule has 1 aromatic heterocycles. The zero-order chi connectivity index (χ0) is 27.1. The predicted octanol–water partition coefficient (Wildman–Crippen LogP) is 3.21. The average molecular weight is 539 g/mol. The average Bonchev–Trinajstić information content (AvgIpc) is 2.97. The summed E-state index contributed by atoms with van der Waals surface area (Å²) < 4.78 is 5.50. The minimum atomic E-state index is 0.534. The number of ether oxygens (including phenoxy) is 1. The molecule has 1 aliphatic carbocycles. The fraction of sp³-hybridized carbons (Fsp3) is 0.667. The normalized spacial score (nSPS) is 20.3. The summed E-state index contributed by atoms with van der Waals surface area (Å²) in [5.41, 5.74) is 7.51. The number of rotatable bonds is 16. The number of piperazine rings is 1. The van der Waals surface area contributed by atoms with Crippen LogP contribution in [0, 0.1) is 11.8 Å². The molecule has 1 saturated carbocycles. The van der Waals surface area contributed by atoms with Gasteiger partial charge in [-0.15, -0.1) is 0 Å². The lowest BCUT2D eigenvalue weighted by molar-refractivity contribution is 0.111. The summed E-state index contributed by atoms with van der Waals surface area (Å²) >= 11 is 0. The van der Waals surface area contributed by atoms with Gasteiger partial charge in [-0.05, 0) is 76.1 Å². The first-order chi connectivity index (χ1) is 19.2. The third-order valence-corrected chi connectivity index (χ3v) is 8.01. The minimum Gasteiger partial charge on any atom is -0.383 e. The van der Waals surface area contributed by atoms with E-state index in [2.05, 4.69) is 61.1 Å². The molecule has 2 fully saturated rings. The van der Waals surface area contributed by atoms with E-state index in [0.29, 0.717) is 17.7 Å². The maximum atomic E-state index is 6.16. The summed E-state index contributed by atoms with van der Waals surface area (Å²) in [4.78, 5) is 14.0. The number of hydrogen-bond acceptors (Lipinski definition) is 9. The number of anilines is 3. The zero-order valence-corrected chi connectivity index (χ0v) is 23.9. The molecule has 9 nitrogen and oxygen atoms in total. The molecule has 9 heteroatoms. The van der Waals surface area contributed by atoms with E-state index in [-0.39, 0.29) is 0 Å². The summed E-state index contributed by atoms with van der Waals surface area (Å²) in [6.07, 6.45) is 6.27. The lowest BCUT2D eigenvalue weighted by atomic mass is 9.82. The molecule has 2 aromatic rings. The molecule has 0 bridgehead atoms. The van der Waals surface area contributed by atoms with Crippen LogP contribution in [0.3, 0.4) is 0 Å². The maximum Gasteiger partial charge on any atom is 0.226 e. The van der Waals surface area contributed by atoms with Crippen LogP contribution in [0.4, 0.5) is 17.6 Å². The molecule has 2 heterocycles. The quantitative estimate of drug-likeness (QED) is 0.240. The first-order valence-electron chi connectivity index (χ1n) is 15.1. The Hall–Kier alpha value is -2.46. The highest BCUT2D eigenvalue weighted by molar-refractivity contribution is 5.51. The van der Waals surface area contributed by atoms with E-state index in [0.717, 1.165) is 96.8 Å². The van der Waals surface area contributed by atoms with E-state index in [1.54, 1.807) is 0 Å². The first-order valence-corrected chi connectivity index (χ1v) is 15.1. The largest absolute Gasteiger partial charge is 0.383 e. The molecule has 39 heavy (non-hydrogen) atoms. The van der Waals surface area contributed by atoms with Crippen LogP contribution in [0.1, 0.15) is 44.6 Å². The summed E-state index contributed by atoms with van der Waals surface area (Å²) in [6, 6.07) is 12.5. The minimum absolute atomic E-state index is 0.534. The Morgan fingerprint density at radius 1 is 0.923 bits per heavy atom. The number of nitrogens with one attached hydrogen (secondary N) is 3. The highest BCUT2D eigenvalue weighted by Gasteiger charge is 2.22. The van der Waals surface area contributed by atoms with Gasteiger partial charge < -0.3 is 31.3 Å². The van der Waals surface area contributed by atoms with Crippen molar-refractivity contribution >= 4 is 17.6 Å². The summed E-state index contributed by atoms with van der Waals surface area (Å²) in [6.45, 7) is 13.7. The molecule has 4 rings (SSSR count). The van der Waals surface area contributed by atoms with E-state index in [1.807, 2.05) is 13.0 Å². The van der Waals surface area contributed by atoms with Gasteiger partial charge in [0.15, 0.2) is 0 Å². The van der Waals surface area contributed by atoms with E-state index >= 15 is 0 Å². The Kier molecular flexibility index (Phi) is 12.6. The number of aromatic nitrogens is 2. The van der Waals surface area contributed by atoms with Crippen molar-refractivity contribution in [1.82, 2.24) is 25.5 Å². The highest BCUT2D eigenvalue weighted by Crippen LogP contribution is 2.28. The Bertz CT molecular complexity index is 930. The lowest BCUT2D eigenvalue weighted by Gasteiger charge is -2.35. The molecule has 1 aliphatic heterocycles. The summed E-state index contributed by atoms with van der Waals surface area (Å²) in [5.74, 6) is 3.59. The van der Waals surface area contributed by atoms with Crippen molar-refractivity contribution in [3.63, 3.8) is 0 Å². The summed E-state index contributed by atoms with van der Waals surface area (Å²) in [5, 5.41) is 10.7. The highest BCUT2D eigenvalue weighted by atomic mass is 16.5. The smallest absolute Gasteiger partial charge is 0.226 e. The van der Waals surface area contributed by atoms with Crippen LogP contribution in [-0.4, -0.2) is 87.0 Å². The zero-order valence-electron chi connectivity index (χ0n) is 23.9. The number of nitrogens with zero attached hydrogens (tertiary/aromatic N) is 4. The van der Waals surface area contributed by atoms with Gasteiger partial charge in [0, 0.05) is 58.5 Å². The van der Waals surface area contributed by atoms with Crippen molar-refractivity contribution in [2.45, 2.75) is 45.6 Å². The molecular weight excluding hydrogens is 488 g/mol. The Labute approximate surface area is 235 Å². The third kappa shape index (κ3) is 10.6. The monoisotopic (exact) mass is 538 g/mol. The van der Waals surface area contributed by atoms with Crippen LogP contribution in [0.2, 0.25) is 0 Å². The molecule has 216 valence electrons. The molecular formula is C30H50N8O. The van der Waals surface area contributed by atoms with Crippen LogP contribution in [0.15, 0.2) is 36.4 Å². The topological polar surface area (TPSA) is 104 Å². The number of benzene rings is 1. The van der Waals surface area contributed by atoms with Gasteiger partial charge in [-0.3, -0.25) is 4.90 Å². The molecule has 1 saturated heterocycles. The first kappa shape index (κ1) is 29.5. The molecule has 1 aromatic carbocycles. The molecule has 2 aliphatic rings. The van der Waals surface area contributed by atoms with Gasteiger partial charge in [-0.25, -0.2) is 0 Å². The van der Waals surface area contributed by atoms with Crippen molar-refractivity contribution in [1.29, 1.82) is 0 Å². The second-order valence-corrected chi connectivity index (χ2v) is 11.0. The fourth-order valence-corrected chi connectivity index (χ4v) is 5.58. The van der Waals surface area contributed by atoms with Crippen LogP contribution in [0.25, 0.3) is 0 Å². The lowest BCUT2D eigenvalue weighted by Crippen LogP contribution is -2.47. The van der Waals surface area contributed by atoms with Crippen LogP contribution in [0.5, 0.6) is 0 Å². The van der Waals surface area contributed by atoms with E-state index in [4.69, 9.17) is 15.5 Å². The van der Waals surface area contributed by atoms with Gasteiger partial charge in [0.2, 0.25) is 5.95 Å². The van der Waals surface area contributed by atoms with Crippen molar-refractivity contribution in [2.24, 2.45) is 11.8 Å². The molecule has 0 amide bonds. The molecule has 0 spiro atoms. The van der Waals surface area contributed by atoms with Gasteiger partial charge in [-0.2, -0.15) is 9.97 Å². The molecule has 0 radical (unpaired) electrons. The van der Waals surface area contributed by atoms with E-state index < -0.39 is 0 Å². The summed E-state index contributed by atoms with van der Waals surface area (Å²) in [7, 11) is 0. The van der Waals surface area contributed by atoms with E-state index in [1.165, 1.54) is 31.2 Å². The van der Waals surface area contributed by atoms with Crippen LogP contribution < -0.4 is 26.6 Å². The third-order valence-electron chi connectivity index (χ3n) is 8.01. The Morgan fingerprint density at radius 2 is 1.64 bits per heavy atom.